The molecular formula is C11H16ClOP. The van der Waals surface area contributed by atoms with E-state index < -0.39 is 0 Å². The van der Waals surface area contributed by atoms with Gasteiger partial charge in [0, 0.05) is 0 Å². The topological polar surface area (TPSA) is 9.23 Å². The third-order valence-electron chi connectivity index (χ3n) is 2.05. The van der Waals surface area contributed by atoms with Crippen molar-refractivity contribution in [2.75, 3.05) is 6.61 Å². The molecular weight excluding hydrogens is 215 g/mol. The molecule has 1 rings (SSSR count). The minimum absolute atomic E-state index is 0.0928. The summed E-state index contributed by atoms with van der Waals surface area (Å²) in [6.07, 6.45) is 2.12. The highest BCUT2D eigenvalue weighted by atomic mass is 35.7. The van der Waals surface area contributed by atoms with Gasteiger partial charge < -0.3 is 4.52 Å². The molecule has 0 saturated carbocycles. The van der Waals surface area contributed by atoms with Gasteiger partial charge in [-0.2, -0.15) is 0 Å². The van der Waals surface area contributed by atoms with E-state index >= 15 is 0 Å². The van der Waals surface area contributed by atoms with E-state index in [1.165, 1.54) is 16.7 Å². The van der Waals surface area contributed by atoms with Crippen LogP contribution < -0.4 is 0 Å². The molecule has 0 spiro atoms. The van der Waals surface area contributed by atoms with E-state index in [0.29, 0.717) is 0 Å². The van der Waals surface area contributed by atoms with Crippen LogP contribution in [0.3, 0.4) is 0 Å². The van der Waals surface area contributed by atoms with Gasteiger partial charge in [0.05, 0.1) is 6.61 Å². The van der Waals surface area contributed by atoms with Crippen LogP contribution in [0.1, 0.15) is 23.1 Å². The maximum absolute atomic E-state index is 5.44. The van der Waals surface area contributed by atoms with Crippen molar-refractivity contribution in [1.82, 2.24) is 0 Å². The first-order valence-corrected chi connectivity index (χ1v) is 6.69. The normalized spacial score (nSPS) is 11.4. The molecule has 0 bridgehead atoms. The second kappa shape index (κ2) is 6.40. The lowest BCUT2D eigenvalue weighted by Crippen LogP contribution is -1.92. The molecule has 1 unspecified atom stereocenters. The highest BCUT2D eigenvalue weighted by Gasteiger charge is 1.96. The monoisotopic (exact) mass is 230 g/mol. The Morgan fingerprint density at radius 1 is 1.21 bits per heavy atom. The Morgan fingerprint density at radius 3 is 2.43 bits per heavy atom. The van der Waals surface area contributed by atoms with Gasteiger partial charge in [-0.15, -0.1) is 0 Å². The second-order valence-electron chi connectivity index (χ2n) is 3.53. The van der Waals surface area contributed by atoms with Gasteiger partial charge in [0.15, 0.2) is 0 Å². The molecule has 1 nitrogen and oxygen atoms in total. The molecule has 1 aromatic rings. The lowest BCUT2D eigenvalue weighted by atomic mass is 10.0. The molecule has 3 heteroatoms. The third-order valence-corrected chi connectivity index (χ3v) is 2.69. The van der Waals surface area contributed by atoms with Crippen LogP contribution in [0, 0.1) is 13.8 Å². The number of benzene rings is 1. The Labute approximate surface area is 92.5 Å². The summed E-state index contributed by atoms with van der Waals surface area (Å²) in [6, 6.07) is 6.66. The Hall–Kier alpha value is -0.100. The maximum Gasteiger partial charge on any atom is 0.110 e. The summed E-state index contributed by atoms with van der Waals surface area (Å²) in [5.74, 6) is 0. The quantitative estimate of drug-likeness (QED) is 0.549. The van der Waals surface area contributed by atoms with Crippen molar-refractivity contribution in [3.05, 3.63) is 34.9 Å². The molecule has 0 aliphatic heterocycles. The molecule has 1 atom stereocenters. The van der Waals surface area contributed by atoms with Crippen molar-refractivity contribution in [2.24, 2.45) is 0 Å². The van der Waals surface area contributed by atoms with Gasteiger partial charge in [-0.25, -0.2) is 0 Å². The number of rotatable bonds is 5. The fourth-order valence-electron chi connectivity index (χ4n) is 1.60. The van der Waals surface area contributed by atoms with Gasteiger partial charge >= 0.3 is 0 Å². The lowest BCUT2D eigenvalue weighted by molar-refractivity contribution is 0.360. The van der Waals surface area contributed by atoms with Crippen LogP contribution in [-0.4, -0.2) is 6.61 Å². The smallest absolute Gasteiger partial charge is 0.110 e. The van der Waals surface area contributed by atoms with E-state index in [1.54, 1.807) is 0 Å². The first-order valence-electron chi connectivity index (χ1n) is 4.77. The van der Waals surface area contributed by atoms with Crippen LogP contribution in [-0.2, 0) is 10.9 Å². The fourth-order valence-corrected chi connectivity index (χ4v) is 2.05. The van der Waals surface area contributed by atoms with Gasteiger partial charge in [-0.1, -0.05) is 40.6 Å². The highest BCUT2D eigenvalue weighted by Crippen LogP contribution is 2.18. The summed E-state index contributed by atoms with van der Waals surface area (Å²) in [6.45, 7) is 5.02. The van der Waals surface area contributed by atoms with Crippen molar-refractivity contribution in [3.8, 4) is 0 Å². The average Bonchev–Trinajstić information content (AvgIpc) is 2.11. The fraction of sp³-hybridized carbons (Fsp3) is 0.455. The Bertz CT molecular complexity index is 268. The summed E-state index contributed by atoms with van der Waals surface area (Å²) >= 11 is 5.44. The van der Waals surface area contributed by atoms with Crippen molar-refractivity contribution in [2.45, 2.75) is 26.7 Å². The molecule has 0 aliphatic carbocycles. The molecule has 78 valence electrons. The zero-order chi connectivity index (χ0) is 10.4. The number of halogens is 1. The molecule has 0 amide bonds. The van der Waals surface area contributed by atoms with Crippen molar-refractivity contribution in [3.63, 3.8) is 0 Å². The second-order valence-corrected chi connectivity index (χ2v) is 4.43. The van der Waals surface area contributed by atoms with E-state index in [0.717, 1.165) is 19.4 Å². The van der Waals surface area contributed by atoms with E-state index in [9.17, 15) is 0 Å². The minimum Gasteiger partial charge on any atom is -0.346 e. The molecule has 1 aromatic carbocycles. The molecule has 0 saturated heterocycles. The van der Waals surface area contributed by atoms with Crippen molar-refractivity contribution in [1.29, 1.82) is 0 Å². The third kappa shape index (κ3) is 4.41. The molecule has 0 N–H and O–H groups in total. The standard InChI is InChI=1S/C11H16ClOP/c1-9-6-10(2)8-11(7-9)4-3-5-13-14-12/h6-8,14H,3-5H2,1-2H3. The number of hydrogen-bond acceptors (Lipinski definition) is 1. The van der Waals surface area contributed by atoms with E-state index in [-0.39, 0.29) is 8.16 Å². The van der Waals surface area contributed by atoms with Crippen LogP contribution in [0.4, 0.5) is 0 Å². The van der Waals surface area contributed by atoms with Gasteiger partial charge in [-0.3, -0.25) is 0 Å². The molecule has 0 aliphatic rings. The largest absolute Gasteiger partial charge is 0.346 e. The first-order chi connectivity index (χ1) is 6.72. The van der Waals surface area contributed by atoms with Crippen molar-refractivity contribution >= 4 is 19.4 Å². The van der Waals surface area contributed by atoms with E-state index in [4.69, 9.17) is 15.8 Å². The predicted molar refractivity (Wildman–Crippen MR) is 64.4 cm³/mol. The van der Waals surface area contributed by atoms with E-state index in [2.05, 4.69) is 32.0 Å². The van der Waals surface area contributed by atoms with Crippen LogP contribution in [0.25, 0.3) is 0 Å². The average molecular weight is 231 g/mol. The molecule has 0 heterocycles. The van der Waals surface area contributed by atoms with Gasteiger partial charge in [-0.05, 0) is 32.3 Å². The molecule has 14 heavy (non-hydrogen) atoms. The lowest BCUT2D eigenvalue weighted by Gasteiger charge is -2.04. The summed E-state index contributed by atoms with van der Waals surface area (Å²) in [5.41, 5.74) is 4.06. The highest BCUT2D eigenvalue weighted by molar-refractivity contribution is 7.64. The molecule has 0 fully saturated rings. The Balaban J connectivity index is 2.42. The zero-order valence-electron chi connectivity index (χ0n) is 8.64. The van der Waals surface area contributed by atoms with Crippen LogP contribution >= 0.6 is 19.4 Å². The first kappa shape index (κ1) is 12.0. The van der Waals surface area contributed by atoms with Gasteiger partial charge in [0.1, 0.15) is 8.16 Å². The summed E-state index contributed by atoms with van der Waals surface area (Å²) in [5, 5.41) is 0. The van der Waals surface area contributed by atoms with Crippen molar-refractivity contribution < 1.29 is 4.52 Å². The SMILES string of the molecule is Cc1cc(C)cc(CCCOPCl)c1. The summed E-state index contributed by atoms with van der Waals surface area (Å²) in [7, 11) is 0.0928. The number of aryl methyl sites for hydroxylation is 3. The van der Waals surface area contributed by atoms with E-state index in [1.807, 2.05) is 0 Å². The minimum atomic E-state index is 0.0928. The zero-order valence-corrected chi connectivity index (χ0v) is 10.4. The predicted octanol–water partition coefficient (Wildman–Crippen LogP) is 4.00. The van der Waals surface area contributed by atoms with Crippen LogP contribution in [0.5, 0.6) is 0 Å². The van der Waals surface area contributed by atoms with Crippen LogP contribution in [0.2, 0.25) is 0 Å². The van der Waals surface area contributed by atoms with Crippen LogP contribution in [0.15, 0.2) is 18.2 Å². The maximum atomic E-state index is 5.44. The Kier molecular flexibility index (Phi) is 5.47. The summed E-state index contributed by atoms with van der Waals surface area (Å²) in [4.78, 5) is 0. The Morgan fingerprint density at radius 2 is 1.86 bits per heavy atom. The number of hydrogen-bond donors (Lipinski definition) is 0. The molecule has 0 aromatic heterocycles. The van der Waals surface area contributed by atoms with Gasteiger partial charge in [0.2, 0.25) is 0 Å². The summed E-state index contributed by atoms with van der Waals surface area (Å²) < 4.78 is 5.11. The van der Waals surface area contributed by atoms with Gasteiger partial charge in [0.25, 0.3) is 0 Å². The molecule has 0 radical (unpaired) electrons.